The molecule has 182 valence electrons. The Morgan fingerprint density at radius 1 is 1.03 bits per heavy atom. The van der Waals surface area contributed by atoms with Gasteiger partial charge in [-0.25, -0.2) is 8.78 Å². The largest absolute Gasteiger partial charge is 0.508 e. The van der Waals surface area contributed by atoms with Crippen molar-refractivity contribution in [2.75, 3.05) is 32.9 Å². The van der Waals surface area contributed by atoms with Gasteiger partial charge in [0, 0.05) is 42.3 Å². The third kappa shape index (κ3) is 4.60. The first-order valence-corrected chi connectivity index (χ1v) is 11.6. The lowest BCUT2D eigenvalue weighted by molar-refractivity contribution is 0.0668. The number of phenols is 1. The molecule has 1 N–H and O–H groups in total. The Bertz CT molecular complexity index is 1250. The number of nitrogens with zero attached hydrogens (tertiary/aromatic N) is 1. The van der Waals surface area contributed by atoms with Crippen LogP contribution in [0.4, 0.5) is 13.2 Å². The third-order valence-electron chi connectivity index (χ3n) is 6.63. The molecule has 35 heavy (non-hydrogen) atoms. The molecule has 0 bridgehead atoms. The van der Waals surface area contributed by atoms with Gasteiger partial charge in [0.1, 0.15) is 30.0 Å². The molecule has 2 aliphatic heterocycles. The Hall–Kier alpha value is -3.45. The maximum Gasteiger partial charge on any atom is 0.166 e. The van der Waals surface area contributed by atoms with E-state index in [1.807, 2.05) is 31.2 Å². The first-order valence-electron chi connectivity index (χ1n) is 11.6. The number of ether oxygens (including phenoxy) is 2. The van der Waals surface area contributed by atoms with Crippen molar-refractivity contribution in [2.24, 2.45) is 5.92 Å². The highest BCUT2D eigenvalue weighted by atomic mass is 19.2. The molecule has 7 heteroatoms. The average Bonchev–Trinajstić information content (AvgIpc) is 2.83. The quantitative estimate of drug-likeness (QED) is 0.449. The van der Waals surface area contributed by atoms with Crippen molar-refractivity contribution in [2.45, 2.75) is 13.0 Å². The highest BCUT2D eigenvalue weighted by Gasteiger charge is 2.32. The molecule has 0 aliphatic carbocycles. The molecule has 1 atom stereocenters. The molecule has 3 aromatic carbocycles. The fraction of sp³-hybridized carbons (Fsp3) is 0.286. The molecule has 0 aromatic heterocycles. The summed E-state index contributed by atoms with van der Waals surface area (Å²) >= 11 is 0. The summed E-state index contributed by atoms with van der Waals surface area (Å²) in [7, 11) is 0. The number of likely N-dealkylation sites (tertiary alicyclic amines) is 1. The van der Waals surface area contributed by atoms with E-state index in [1.54, 1.807) is 12.1 Å². The summed E-state index contributed by atoms with van der Waals surface area (Å²) in [5.41, 5.74) is 2.68. The van der Waals surface area contributed by atoms with Crippen LogP contribution in [0.15, 0.2) is 60.7 Å². The van der Waals surface area contributed by atoms with Crippen LogP contribution < -0.4 is 9.47 Å². The highest BCUT2D eigenvalue weighted by molar-refractivity contribution is 5.95. The predicted octanol–water partition coefficient (Wildman–Crippen LogP) is 6.01. The summed E-state index contributed by atoms with van der Waals surface area (Å²) < 4.78 is 53.7. The molecule has 0 radical (unpaired) electrons. The molecule has 0 saturated carbocycles. The Kier molecular flexibility index (Phi) is 6.43. The van der Waals surface area contributed by atoms with Gasteiger partial charge in [0.05, 0.1) is 6.67 Å². The standard InChI is InChI=1S/C28H26F3NO3/c1-17-23-13-20(33)7-10-25(23)35-28(26(17)22-3-2-4-24(30)27(22)31)19-5-8-21(9-6-19)34-12-11-32-15-18(14-29)16-32/h2-10,13,18,28,33H,11-12,14-16H2,1H3. The van der Waals surface area contributed by atoms with E-state index in [9.17, 15) is 18.3 Å². The van der Waals surface area contributed by atoms with Crippen LogP contribution >= 0.6 is 0 Å². The zero-order valence-corrected chi connectivity index (χ0v) is 19.3. The van der Waals surface area contributed by atoms with E-state index < -0.39 is 17.7 Å². The molecular formula is C28H26F3NO3. The van der Waals surface area contributed by atoms with Gasteiger partial charge in [0.25, 0.3) is 0 Å². The zero-order chi connectivity index (χ0) is 24.5. The normalized spacial score (nSPS) is 18.1. The Balaban J connectivity index is 1.41. The molecule has 5 rings (SSSR count). The van der Waals surface area contributed by atoms with Gasteiger partial charge in [0.15, 0.2) is 11.6 Å². The number of halogens is 3. The lowest BCUT2D eigenvalue weighted by atomic mass is 9.86. The number of hydrogen-bond acceptors (Lipinski definition) is 4. The first-order chi connectivity index (χ1) is 16.9. The summed E-state index contributed by atoms with van der Waals surface area (Å²) in [5, 5.41) is 9.98. The van der Waals surface area contributed by atoms with E-state index in [-0.39, 0.29) is 23.9 Å². The van der Waals surface area contributed by atoms with Crippen LogP contribution in [0, 0.1) is 17.6 Å². The molecule has 0 spiro atoms. The van der Waals surface area contributed by atoms with E-state index in [1.165, 1.54) is 18.2 Å². The fourth-order valence-electron chi connectivity index (χ4n) is 4.72. The lowest BCUT2D eigenvalue weighted by Crippen LogP contribution is -2.49. The van der Waals surface area contributed by atoms with Crippen LogP contribution in [0.1, 0.15) is 29.7 Å². The van der Waals surface area contributed by atoms with E-state index in [0.717, 1.165) is 31.3 Å². The van der Waals surface area contributed by atoms with Gasteiger partial charge < -0.3 is 14.6 Å². The van der Waals surface area contributed by atoms with Crippen LogP contribution in [-0.4, -0.2) is 42.9 Å². The maximum atomic E-state index is 14.9. The molecule has 2 aliphatic rings. The van der Waals surface area contributed by atoms with Gasteiger partial charge in [0.2, 0.25) is 0 Å². The summed E-state index contributed by atoms with van der Waals surface area (Å²) in [6.07, 6.45) is -0.684. The first kappa shape index (κ1) is 23.3. The van der Waals surface area contributed by atoms with Crippen LogP contribution in [0.5, 0.6) is 17.2 Å². The maximum absolute atomic E-state index is 14.9. The Morgan fingerprint density at radius 2 is 1.80 bits per heavy atom. The molecule has 1 unspecified atom stereocenters. The molecule has 2 heterocycles. The number of alkyl halides is 1. The number of allylic oxidation sites excluding steroid dienone is 1. The summed E-state index contributed by atoms with van der Waals surface area (Å²) in [6.45, 7) is 4.30. The van der Waals surface area contributed by atoms with Crippen molar-refractivity contribution < 1.29 is 27.8 Å². The van der Waals surface area contributed by atoms with Crippen LogP contribution in [0.25, 0.3) is 11.1 Å². The summed E-state index contributed by atoms with van der Waals surface area (Å²) in [5.74, 6) is -0.451. The van der Waals surface area contributed by atoms with Crippen LogP contribution in [0.3, 0.4) is 0 Å². The minimum Gasteiger partial charge on any atom is -0.508 e. The van der Waals surface area contributed by atoms with Crippen molar-refractivity contribution in [3.8, 4) is 17.2 Å². The molecule has 3 aromatic rings. The molecule has 1 saturated heterocycles. The number of hydrogen-bond donors (Lipinski definition) is 1. The van der Waals surface area contributed by atoms with Gasteiger partial charge in [-0.1, -0.05) is 24.3 Å². The third-order valence-corrected chi connectivity index (χ3v) is 6.63. The second-order valence-corrected chi connectivity index (χ2v) is 9.02. The molecule has 0 amide bonds. The van der Waals surface area contributed by atoms with Gasteiger partial charge in [-0.15, -0.1) is 0 Å². The Labute approximate surface area is 202 Å². The number of fused-ring (bicyclic) bond motifs is 1. The van der Waals surface area contributed by atoms with Crippen molar-refractivity contribution in [3.63, 3.8) is 0 Å². The summed E-state index contributed by atoms with van der Waals surface area (Å²) in [4.78, 5) is 2.15. The van der Waals surface area contributed by atoms with E-state index in [4.69, 9.17) is 9.47 Å². The van der Waals surface area contributed by atoms with Crippen molar-refractivity contribution in [1.82, 2.24) is 4.90 Å². The molecular weight excluding hydrogens is 455 g/mol. The predicted molar refractivity (Wildman–Crippen MR) is 128 cm³/mol. The topological polar surface area (TPSA) is 41.9 Å². The monoisotopic (exact) mass is 481 g/mol. The fourth-order valence-corrected chi connectivity index (χ4v) is 4.72. The summed E-state index contributed by atoms with van der Waals surface area (Å²) in [6, 6.07) is 16.2. The van der Waals surface area contributed by atoms with Gasteiger partial charge >= 0.3 is 0 Å². The van der Waals surface area contributed by atoms with Gasteiger partial charge in [-0.2, -0.15) is 0 Å². The van der Waals surface area contributed by atoms with E-state index in [2.05, 4.69) is 4.90 Å². The Morgan fingerprint density at radius 3 is 2.54 bits per heavy atom. The lowest BCUT2D eigenvalue weighted by Gasteiger charge is -2.37. The van der Waals surface area contributed by atoms with Crippen LogP contribution in [0.2, 0.25) is 0 Å². The second-order valence-electron chi connectivity index (χ2n) is 9.02. The van der Waals surface area contributed by atoms with Crippen LogP contribution in [-0.2, 0) is 0 Å². The molecule has 1 fully saturated rings. The number of benzene rings is 3. The minimum absolute atomic E-state index is 0.0594. The van der Waals surface area contributed by atoms with Gasteiger partial charge in [-0.3, -0.25) is 9.29 Å². The van der Waals surface area contributed by atoms with Crippen molar-refractivity contribution >= 4 is 11.1 Å². The van der Waals surface area contributed by atoms with E-state index in [0.29, 0.717) is 34.8 Å². The molecule has 4 nitrogen and oxygen atoms in total. The number of rotatable bonds is 7. The van der Waals surface area contributed by atoms with Crippen molar-refractivity contribution in [3.05, 3.63) is 89.0 Å². The van der Waals surface area contributed by atoms with Gasteiger partial charge in [-0.05, 0) is 54.5 Å². The SMILES string of the molecule is CC1=C(c2cccc(F)c2F)C(c2ccc(OCCN3CC(CF)C3)cc2)Oc2ccc(O)cc21. The smallest absolute Gasteiger partial charge is 0.166 e. The average molecular weight is 482 g/mol. The number of aromatic hydroxyl groups is 1. The highest BCUT2D eigenvalue weighted by Crippen LogP contribution is 2.48. The van der Waals surface area contributed by atoms with E-state index >= 15 is 0 Å². The minimum atomic E-state index is -0.944. The zero-order valence-electron chi connectivity index (χ0n) is 19.3. The number of phenolic OH excluding ortho intramolecular Hbond substituents is 1. The second kappa shape index (κ2) is 9.66. The van der Waals surface area contributed by atoms with Crippen molar-refractivity contribution in [1.29, 1.82) is 0 Å².